The molecule has 4 nitrogen and oxygen atoms in total. The molecule has 1 heterocycles. The number of fused-ring (bicyclic) bond motifs is 1. The van der Waals surface area contributed by atoms with Crippen LogP contribution in [0, 0.1) is 0 Å². The first-order chi connectivity index (χ1) is 9.79. The lowest BCUT2D eigenvalue weighted by Gasteiger charge is -2.18. The number of methoxy groups -OCH3 is 1. The van der Waals surface area contributed by atoms with Gasteiger partial charge in [-0.15, -0.1) is 0 Å². The molecule has 4 heteroatoms. The van der Waals surface area contributed by atoms with Gasteiger partial charge in [0.15, 0.2) is 5.69 Å². The summed E-state index contributed by atoms with van der Waals surface area (Å²) in [6.45, 7) is 0. The molecule has 0 saturated heterocycles. The Balaban J connectivity index is 1.86. The van der Waals surface area contributed by atoms with Gasteiger partial charge in [0.1, 0.15) is 6.10 Å². The molecule has 0 radical (unpaired) electrons. The molecule has 0 amide bonds. The predicted octanol–water partition coefficient (Wildman–Crippen LogP) is 2.96. The molecule has 1 saturated carbocycles. The van der Waals surface area contributed by atoms with Gasteiger partial charge in [-0.05, 0) is 30.7 Å². The summed E-state index contributed by atoms with van der Waals surface area (Å²) in [5, 5.41) is 1.82. The number of carbonyl (C=O) groups excluding carboxylic acids is 1. The largest absolute Gasteiger partial charge is 0.455 e. The van der Waals surface area contributed by atoms with Crippen LogP contribution in [-0.2, 0) is 9.47 Å². The van der Waals surface area contributed by atoms with Crippen molar-refractivity contribution in [3.63, 3.8) is 0 Å². The summed E-state index contributed by atoms with van der Waals surface area (Å²) in [7, 11) is 1.66. The smallest absolute Gasteiger partial charge is 0.357 e. The summed E-state index contributed by atoms with van der Waals surface area (Å²) in [5.41, 5.74) is 0.379. The zero-order valence-corrected chi connectivity index (χ0v) is 11.4. The molecule has 1 aliphatic carbocycles. The van der Waals surface area contributed by atoms with E-state index in [1.165, 1.54) is 0 Å². The second-order valence-corrected chi connectivity index (χ2v) is 5.03. The molecular formula is C16H17NO3. The van der Waals surface area contributed by atoms with Gasteiger partial charge >= 0.3 is 5.97 Å². The highest BCUT2D eigenvalue weighted by atomic mass is 16.6. The summed E-state index contributed by atoms with van der Waals surface area (Å²) in [6.07, 6.45) is 4.31. The fourth-order valence-corrected chi connectivity index (χ4v) is 2.77. The van der Waals surface area contributed by atoms with Gasteiger partial charge < -0.3 is 9.47 Å². The minimum atomic E-state index is -0.365. The first-order valence-corrected chi connectivity index (χ1v) is 6.87. The third-order valence-electron chi connectivity index (χ3n) is 3.82. The number of carbonyl (C=O) groups is 1. The Labute approximate surface area is 117 Å². The fraction of sp³-hybridized carbons (Fsp3) is 0.375. The van der Waals surface area contributed by atoms with Crippen molar-refractivity contribution in [2.24, 2.45) is 0 Å². The molecule has 3 rings (SSSR count). The van der Waals surface area contributed by atoms with Crippen molar-refractivity contribution < 1.29 is 14.3 Å². The van der Waals surface area contributed by atoms with Crippen molar-refractivity contribution in [1.29, 1.82) is 0 Å². The number of hydrogen-bond acceptors (Lipinski definition) is 4. The quantitative estimate of drug-likeness (QED) is 0.805. The average Bonchev–Trinajstić information content (AvgIpc) is 2.93. The molecule has 0 N–H and O–H groups in total. The Morgan fingerprint density at radius 1 is 1.20 bits per heavy atom. The van der Waals surface area contributed by atoms with E-state index < -0.39 is 0 Å². The van der Waals surface area contributed by atoms with Crippen LogP contribution in [0.5, 0.6) is 0 Å². The molecule has 0 bridgehead atoms. The second kappa shape index (κ2) is 5.59. The number of aromatic nitrogens is 1. The van der Waals surface area contributed by atoms with E-state index in [2.05, 4.69) is 4.98 Å². The van der Waals surface area contributed by atoms with Crippen molar-refractivity contribution in [3.05, 3.63) is 42.2 Å². The van der Waals surface area contributed by atoms with Crippen LogP contribution in [0.3, 0.4) is 0 Å². The van der Waals surface area contributed by atoms with E-state index in [1.807, 2.05) is 30.3 Å². The molecule has 2 aromatic rings. The van der Waals surface area contributed by atoms with Crippen LogP contribution in [0.15, 0.2) is 36.5 Å². The van der Waals surface area contributed by atoms with Gasteiger partial charge in [0.25, 0.3) is 0 Å². The molecule has 0 spiro atoms. The van der Waals surface area contributed by atoms with E-state index in [-0.39, 0.29) is 18.2 Å². The van der Waals surface area contributed by atoms with Crippen LogP contribution in [0.4, 0.5) is 0 Å². The molecule has 2 unspecified atom stereocenters. The number of rotatable bonds is 3. The van der Waals surface area contributed by atoms with Crippen molar-refractivity contribution in [3.8, 4) is 0 Å². The normalized spacial score (nSPS) is 22.1. The van der Waals surface area contributed by atoms with E-state index >= 15 is 0 Å². The van der Waals surface area contributed by atoms with Gasteiger partial charge in [0.05, 0.1) is 6.10 Å². The number of hydrogen-bond donors (Lipinski definition) is 0. The van der Waals surface area contributed by atoms with Gasteiger partial charge in [0, 0.05) is 18.7 Å². The maximum Gasteiger partial charge on any atom is 0.357 e. The lowest BCUT2D eigenvalue weighted by atomic mass is 10.1. The molecule has 2 atom stereocenters. The Morgan fingerprint density at radius 3 is 2.85 bits per heavy atom. The van der Waals surface area contributed by atoms with E-state index in [9.17, 15) is 4.79 Å². The molecule has 1 aromatic heterocycles. The summed E-state index contributed by atoms with van der Waals surface area (Å²) < 4.78 is 10.9. The maximum absolute atomic E-state index is 12.3. The third-order valence-corrected chi connectivity index (χ3v) is 3.82. The van der Waals surface area contributed by atoms with E-state index in [0.29, 0.717) is 5.69 Å². The van der Waals surface area contributed by atoms with Crippen LogP contribution in [0.2, 0.25) is 0 Å². The monoisotopic (exact) mass is 271 g/mol. The van der Waals surface area contributed by atoms with Gasteiger partial charge in [-0.2, -0.15) is 0 Å². The molecule has 104 valence electrons. The minimum absolute atomic E-state index is 0.00827. The zero-order valence-electron chi connectivity index (χ0n) is 11.4. The molecule has 20 heavy (non-hydrogen) atoms. The van der Waals surface area contributed by atoms with Gasteiger partial charge in [-0.25, -0.2) is 9.78 Å². The predicted molar refractivity (Wildman–Crippen MR) is 75.6 cm³/mol. The van der Waals surface area contributed by atoms with Crippen molar-refractivity contribution in [2.75, 3.05) is 7.11 Å². The van der Waals surface area contributed by atoms with Crippen LogP contribution >= 0.6 is 0 Å². The first kappa shape index (κ1) is 13.1. The van der Waals surface area contributed by atoms with Crippen molar-refractivity contribution >= 4 is 16.7 Å². The van der Waals surface area contributed by atoms with E-state index in [0.717, 1.165) is 30.0 Å². The SMILES string of the molecule is COC1CCCC1OC(=O)c1nccc2ccccc12. The Morgan fingerprint density at radius 2 is 2.00 bits per heavy atom. The third kappa shape index (κ3) is 2.39. The highest BCUT2D eigenvalue weighted by Crippen LogP contribution is 2.26. The van der Waals surface area contributed by atoms with Crippen LogP contribution in [-0.4, -0.2) is 30.3 Å². The van der Waals surface area contributed by atoms with E-state index in [1.54, 1.807) is 13.3 Å². The first-order valence-electron chi connectivity index (χ1n) is 6.87. The van der Waals surface area contributed by atoms with Gasteiger partial charge in [-0.3, -0.25) is 0 Å². The topological polar surface area (TPSA) is 48.4 Å². The van der Waals surface area contributed by atoms with Crippen LogP contribution in [0.1, 0.15) is 29.8 Å². The summed E-state index contributed by atoms with van der Waals surface area (Å²) >= 11 is 0. The lowest BCUT2D eigenvalue weighted by molar-refractivity contribution is -0.0209. The minimum Gasteiger partial charge on any atom is -0.455 e. The molecule has 1 aliphatic rings. The number of nitrogens with zero attached hydrogens (tertiary/aromatic N) is 1. The van der Waals surface area contributed by atoms with E-state index in [4.69, 9.17) is 9.47 Å². The van der Waals surface area contributed by atoms with Crippen molar-refractivity contribution in [1.82, 2.24) is 4.98 Å². The van der Waals surface area contributed by atoms with Crippen LogP contribution < -0.4 is 0 Å². The van der Waals surface area contributed by atoms with Gasteiger partial charge in [0.2, 0.25) is 0 Å². The van der Waals surface area contributed by atoms with Crippen molar-refractivity contribution in [2.45, 2.75) is 31.5 Å². The highest BCUT2D eigenvalue weighted by molar-refractivity contribution is 6.02. The fourth-order valence-electron chi connectivity index (χ4n) is 2.77. The second-order valence-electron chi connectivity index (χ2n) is 5.03. The van der Waals surface area contributed by atoms with Crippen LogP contribution in [0.25, 0.3) is 10.8 Å². The summed E-state index contributed by atoms with van der Waals surface area (Å²) in [5.74, 6) is -0.365. The molecule has 1 fully saturated rings. The Kier molecular flexibility index (Phi) is 3.65. The number of esters is 1. The maximum atomic E-state index is 12.3. The summed E-state index contributed by atoms with van der Waals surface area (Å²) in [4.78, 5) is 16.5. The molecular weight excluding hydrogens is 254 g/mol. The van der Waals surface area contributed by atoms with Gasteiger partial charge in [-0.1, -0.05) is 24.3 Å². The Hall–Kier alpha value is -1.94. The number of ether oxygens (including phenoxy) is 2. The summed E-state index contributed by atoms with van der Waals surface area (Å²) in [6, 6.07) is 9.58. The Bertz CT molecular complexity index is 621. The zero-order chi connectivity index (χ0) is 13.9. The molecule has 0 aliphatic heterocycles. The standard InChI is InChI=1S/C16H17NO3/c1-19-13-7-4-8-14(13)20-16(18)15-12-6-3-2-5-11(12)9-10-17-15/h2-3,5-6,9-10,13-14H,4,7-8H2,1H3. The number of pyridine rings is 1. The highest BCUT2D eigenvalue weighted by Gasteiger charge is 2.31. The lowest BCUT2D eigenvalue weighted by Crippen LogP contribution is -2.28. The number of benzene rings is 1. The average molecular weight is 271 g/mol. The molecule has 1 aromatic carbocycles.